The molecule has 4 aromatic rings. The Hall–Kier alpha value is -3.65. The van der Waals surface area contributed by atoms with Crippen LogP contribution >= 0.6 is 11.6 Å². The molecule has 4 rings (SSSR count). The summed E-state index contributed by atoms with van der Waals surface area (Å²) in [5.41, 5.74) is 0.243. The normalized spacial score (nSPS) is 11.3. The summed E-state index contributed by atoms with van der Waals surface area (Å²) in [5.74, 6) is -0.485. The van der Waals surface area contributed by atoms with Crippen LogP contribution in [0.25, 0.3) is 16.6 Å². The van der Waals surface area contributed by atoms with Gasteiger partial charge in [0, 0.05) is 30.4 Å². The molecule has 0 radical (unpaired) electrons. The van der Waals surface area contributed by atoms with Gasteiger partial charge in [0.1, 0.15) is 5.56 Å². The lowest BCUT2D eigenvalue weighted by Gasteiger charge is -2.14. The van der Waals surface area contributed by atoms with Crippen molar-refractivity contribution in [2.75, 3.05) is 0 Å². The molecule has 8 nitrogen and oxygen atoms in total. The van der Waals surface area contributed by atoms with E-state index in [2.05, 4.69) is 5.10 Å². The molecule has 0 aliphatic carbocycles. The fraction of sp³-hybridized carbons (Fsp3) is 0.182. The number of aromatic amines is 1. The van der Waals surface area contributed by atoms with E-state index in [1.807, 2.05) is 0 Å². The van der Waals surface area contributed by atoms with Gasteiger partial charge in [-0.15, -0.1) is 0 Å². The Labute approximate surface area is 180 Å². The molecule has 0 unspecified atom stereocenters. The number of nitrogens with zero attached hydrogens (tertiary/aromatic N) is 3. The smallest absolute Gasteiger partial charge is 0.299 e. The first-order chi connectivity index (χ1) is 14.6. The van der Waals surface area contributed by atoms with E-state index in [0.717, 1.165) is 4.57 Å². The van der Waals surface area contributed by atoms with Crippen LogP contribution in [0, 0.1) is 13.8 Å². The second kappa shape index (κ2) is 7.24. The average Bonchev–Trinajstić information content (AvgIpc) is 2.97. The summed E-state index contributed by atoms with van der Waals surface area (Å²) in [5, 5.41) is 3.41. The lowest BCUT2D eigenvalue weighted by Crippen LogP contribution is -2.38. The molecule has 2 aromatic carbocycles. The van der Waals surface area contributed by atoms with Crippen molar-refractivity contribution in [1.82, 2.24) is 18.9 Å². The zero-order valence-corrected chi connectivity index (χ0v) is 18.1. The van der Waals surface area contributed by atoms with Gasteiger partial charge in [0.25, 0.3) is 11.1 Å². The van der Waals surface area contributed by atoms with Crippen molar-refractivity contribution in [2.45, 2.75) is 13.8 Å². The number of hydrogen-bond acceptors (Lipinski definition) is 4. The second-order valence-electron chi connectivity index (χ2n) is 7.40. The van der Waals surface area contributed by atoms with Crippen molar-refractivity contribution in [3.63, 3.8) is 0 Å². The number of carbonyl (C=O) groups is 1. The van der Waals surface area contributed by atoms with Crippen molar-refractivity contribution in [3.8, 4) is 5.69 Å². The van der Waals surface area contributed by atoms with Gasteiger partial charge >= 0.3 is 5.69 Å². The summed E-state index contributed by atoms with van der Waals surface area (Å²) in [6, 6.07) is 9.50. The van der Waals surface area contributed by atoms with Crippen LogP contribution < -0.4 is 16.8 Å². The lowest BCUT2D eigenvalue weighted by atomic mass is 9.96. The number of aryl methyl sites for hydroxylation is 4. The summed E-state index contributed by atoms with van der Waals surface area (Å²) < 4.78 is 3.60. The van der Waals surface area contributed by atoms with Gasteiger partial charge in [-0.1, -0.05) is 17.7 Å². The second-order valence-corrected chi connectivity index (χ2v) is 7.84. The Bertz CT molecular complexity index is 1570. The third kappa shape index (κ3) is 3.07. The molecular weight excluding hydrogens is 420 g/mol. The van der Waals surface area contributed by atoms with Crippen LogP contribution in [0.3, 0.4) is 0 Å². The van der Waals surface area contributed by atoms with Gasteiger partial charge in [-0.3, -0.25) is 28.7 Å². The van der Waals surface area contributed by atoms with Crippen LogP contribution in [0.1, 0.15) is 27.2 Å². The largest absolute Gasteiger partial charge is 0.335 e. The quantitative estimate of drug-likeness (QED) is 0.496. The highest BCUT2D eigenvalue weighted by atomic mass is 35.5. The number of rotatable bonds is 3. The first-order valence-electron chi connectivity index (χ1n) is 9.45. The van der Waals surface area contributed by atoms with Gasteiger partial charge in [-0.2, -0.15) is 0 Å². The number of H-pyrrole nitrogens is 1. The van der Waals surface area contributed by atoms with E-state index in [9.17, 15) is 19.2 Å². The van der Waals surface area contributed by atoms with Crippen LogP contribution in [0.2, 0.25) is 5.02 Å². The number of halogens is 1. The number of carbonyl (C=O) groups excluding carboxylic acids is 1. The van der Waals surface area contributed by atoms with E-state index in [1.165, 1.54) is 28.4 Å². The molecule has 0 bridgehead atoms. The highest BCUT2D eigenvalue weighted by Crippen LogP contribution is 2.21. The highest BCUT2D eigenvalue weighted by Gasteiger charge is 2.24. The minimum atomic E-state index is -0.564. The van der Waals surface area contributed by atoms with Crippen molar-refractivity contribution in [2.24, 2.45) is 14.1 Å². The first-order valence-corrected chi connectivity index (χ1v) is 9.83. The lowest BCUT2D eigenvalue weighted by molar-refractivity contribution is 0.103. The maximum atomic E-state index is 13.4. The number of ketones is 1. The van der Waals surface area contributed by atoms with E-state index >= 15 is 0 Å². The summed E-state index contributed by atoms with van der Waals surface area (Å²) >= 11 is 6.05. The van der Waals surface area contributed by atoms with Crippen LogP contribution in [0.5, 0.6) is 0 Å². The molecule has 2 heterocycles. The Kier molecular flexibility index (Phi) is 4.82. The Morgan fingerprint density at radius 1 is 1.00 bits per heavy atom. The fourth-order valence-corrected chi connectivity index (χ4v) is 4.06. The van der Waals surface area contributed by atoms with Crippen molar-refractivity contribution >= 4 is 28.3 Å². The summed E-state index contributed by atoms with van der Waals surface area (Å²) in [4.78, 5) is 51.9. The minimum absolute atomic E-state index is 0.0185. The molecule has 1 N–H and O–H groups in total. The van der Waals surface area contributed by atoms with Gasteiger partial charge in [0.05, 0.1) is 16.6 Å². The number of aromatic nitrogens is 4. The summed E-state index contributed by atoms with van der Waals surface area (Å²) in [7, 11) is 3.08. The van der Waals surface area contributed by atoms with Crippen LogP contribution in [-0.4, -0.2) is 24.7 Å². The average molecular weight is 439 g/mol. The van der Waals surface area contributed by atoms with Crippen LogP contribution in [0.15, 0.2) is 50.8 Å². The van der Waals surface area contributed by atoms with Crippen molar-refractivity contribution < 1.29 is 4.79 Å². The molecule has 9 heteroatoms. The number of benzene rings is 2. The molecule has 0 amide bonds. The van der Waals surface area contributed by atoms with E-state index < -0.39 is 22.6 Å². The van der Waals surface area contributed by atoms with Gasteiger partial charge < -0.3 is 0 Å². The first kappa shape index (κ1) is 20.6. The zero-order valence-electron chi connectivity index (χ0n) is 17.3. The SMILES string of the molecule is Cc1[nH]n(C)c(=O)c1C(=O)c1ccc2c(c1C)c(=O)n(-c1cccc(Cl)c1)c(=O)n2C. The molecule has 0 aliphatic heterocycles. The van der Waals surface area contributed by atoms with Gasteiger partial charge in [-0.05, 0) is 49.7 Å². The third-order valence-electron chi connectivity index (χ3n) is 5.47. The fourth-order valence-electron chi connectivity index (χ4n) is 3.88. The molecule has 0 atom stereocenters. The van der Waals surface area contributed by atoms with Crippen LogP contribution in [0.4, 0.5) is 0 Å². The van der Waals surface area contributed by atoms with Gasteiger partial charge in [0.2, 0.25) is 5.78 Å². The van der Waals surface area contributed by atoms with Crippen molar-refractivity contribution in [3.05, 3.63) is 95.0 Å². The Balaban J connectivity index is 2.06. The van der Waals surface area contributed by atoms with Crippen molar-refractivity contribution in [1.29, 1.82) is 0 Å². The zero-order chi connectivity index (χ0) is 22.6. The monoisotopic (exact) mass is 438 g/mol. The predicted molar refractivity (Wildman–Crippen MR) is 119 cm³/mol. The molecular formula is C22H19ClN4O4. The number of hydrogen-bond donors (Lipinski definition) is 1. The minimum Gasteiger partial charge on any atom is -0.299 e. The third-order valence-corrected chi connectivity index (χ3v) is 5.70. The highest BCUT2D eigenvalue weighted by molar-refractivity contribution is 6.30. The topological polar surface area (TPSA) is 98.9 Å². The van der Waals surface area contributed by atoms with E-state index in [-0.39, 0.29) is 16.5 Å². The van der Waals surface area contributed by atoms with E-state index in [4.69, 9.17) is 11.6 Å². The van der Waals surface area contributed by atoms with E-state index in [1.54, 1.807) is 45.2 Å². The van der Waals surface area contributed by atoms with Gasteiger partial charge in [-0.25, -0.2) is 9.36 Å². The molecule has 2 aromatic heterocycles. The molecule has 0 saturated carbocycles. The molecule has 0 spiro atoms. The van der Waals surface area contributed by atoms with E-state index in [0.29, 0.717) is 27.5 Å². The summed E-state index contributed by atoms with van der Waals surface area (Å²) in [6.45, 7) is 3.27. The summed E-state index contributed by atoms with van der Waals surface area (Å²) in [6.07, 6.45) is 0. The predicted octanol–water partition coefficient (Wildman–Crippen LogP) is 2.22. The Morgan fingerprint density at radius 3 is 2.32 bits per heavy atom. The van der Waals surface area contributed by atoms with Crippen LogP contribution in [-0.2, 0) is 14.1 Å². The maximum Gasteiger partial charge on any atom is 0.335 e. The molecule has 0 saturated heterocycles. The number of nitrogens with one attached hydrogen (secondary N) is 1. The van der Waals surface area contributed by atoms with Gasteiger partial charge in [0.15, 0.2) is 0 Å². The molecule has 0 fully saturated rings. The molecule has 31 heavy (non-hydrogen) atoms. The molecule has 0 aliphatic rings. The maximum absolute atomic E-state index is 13.4. The molecule has 158 valence electrons. The standard InChI is InChI=1S/C22H19ClN4O4/c1-11-15(19(28)18-12(2)24-26(4)20(18)29)8-9-16-17(11)21(30)27(22(31)25(16)3)14-7-5-6-13(23)10-14/h5-10,24H,1-4H3. The number of fused-ring (bicyclic) bond motifs is 1. The Morgan fingerprint density at radius 2 is 1.71 bits per heavy atom.